The molecular formula is C17H22ClN3. The van der Waals surface area contributed by atoms with Crippen molar-refractivity contribution in [3.63, 3.8) is 0 Å². The Hall–Kier alpha value is -1.48. The van der Waals surface area contributed by atoms with Gasteiger partial charge in [0.2, 0.25) is 5.95 Å². The highest BCUT2D eigenvalue weighted by Gasteiger charge is 2.21. The van der Waals surface area contributed by atoms with E-state index in [1.54, 1.807) is 0 Å². The Labute approximate surface area is 131 Å². The Morgan fingerprint density at radius 2 is 2.10 bits per heavy atom. The van der Waals surface area contributed by atoms with Crippen LogP contribution in [0.25, 0.3) is 0 Å². The van der Waals surface area contributed by atoms with Gasteiger partial charge in [-0.15, -0.1) is 0 Å². The summed E-state index contributed by atoms with van der Waals surface area (Å²) in [6.45, 7) is 4.20. The number of aryl methyl sites for hydroxylation is 1. The molecule has 1 aromatic carbocycles. The number of rotatable bonds is 4. The topological polar surface area (TPSA) is 29.9 Å². The van der Waals surface area contributed by atoms with Gasteiger partial charge in [-0.05, 0) is 44.4 Å². The van der Waals surface area contributed by atoms with Gasteiger partial charge in [-0.1, -0.05) is 36.6 Å². The molecule has 4 heteroatoms. The Morgan fingerprint density at radius 3 is 2.81 bits per heavy atom. The molecule has 1 aliphatic rings. The molecule has 3 rings (SSSR count). The van der Waals surface area contributed by atoms with Gasteiger partial charge in [-0.3, -0.25) is 0 Å². The molecule has 0 bridgehead atoms. The average Bonchev–Trinajstić information content (AvgIpc) is 3.08. The second-order valence-electron chi connectivity index (χ2n) is 5.97. The predicted octanol–water partition coefficient (Wildman–Crippen LogP) is 5.13. The molecular weight excluding hydrogens is 282 g/mol. The molecule has 21 heavy (non-hydrogen) atoms. The van der Waals surface area contributed by atoms with E-state index in [-0.39, 0.29) is 6.04 Å². The van der Waals surface area contributed by atoms with Crippen molar-refractivity contribution in [2.75, 3.05) is 5.32 Å². The summed E-state index contributed by atoms with van der Waals surface area (Å²) in [4.78, 5) is 4.66. The van der Waals surface area contributed by atoms with Gasteiger partial charge in [0.1, 0.15) is 0 Å². The highest BCUT2D eigenvalue weighted by Crippen LogP contribution is 2.33. The van der Waals surface area contributed by atoms with Crippen molar-refractivity contribution in [1.82, 2.24) is 9.55 Å². The van der Waals surface area contributed by atoms with Crippen LogP contribution in [0.3, 0.4) is 0 Å². The number of halogens is 1. The maximum absolute atomic E-state index is 6.08. The third-order valence-corrected chi connectivity index (χ3v) is 4.50. The number of nitrogens with one attached hydrogen (secondary N) is 1. The average molecular weight is 304 g/mol. The molecule has 1 atom stereocenters. The highest BCUT2D eigenvalue weighted by atomic mass is 35.5. The van der Waals surface area contributed by atoms with Crippen molar-refractivity contribution in [3.05, 3.63) is 46.7 Å². The van der Waals surface area contributed by atoms with Crippen molar-refractivity contribution < 1.29 is 0 Å². The first-order valence-corrected chi connectivity index (χ1v) is 8.09. The number of hydrogen-bond acceptors (Lipinski definition) is 2. The minimum atomic E-state index is 0.186. The van der Waals surface area contributed by atoms with Crippen molar-refractivity contribution in [1.29, 1.82) is 0 Å². The van der Waals surface area contributed by atoms with Crippen LogP contribution in [0.15, 0.2) is 30.5 Å². The van der Waals surface area contributed by atoms with Crippen LogP contribution in [0.4, 0.5) is 5.95 Å². The summed E-state index contributed by atoms with van der Waals surface area (Å²) in [7, 11) is 0. The predicted molar refractivity (Wildman–Crippen MR) is 88.0 cm³/mol. The number of anilines is 1. The molecule has 1 aliphatic carbocycles. The molecule has 1 N–H and O–H groups in total. The van der Waals surface area contributed by atoms with Crippen LogP contribution < -0.4 is 5.32 Å². The molecule has 112 valence electrons. The summed E-state index contributed by atoms with van der Waals surface area (Å²) in [5, 5.41) is 4.32. The first kappa shape index (κ1) is 14.5. The lowest BCUT2D eigenvalue weighted by atomic mass is 10.1. The lowest BCUT2D eigenvalue weighted by Gasteiger charge is -2.19. The number of nitrogens with zero attached hydrogens (tertiary/aromatic N) is 2. The maximum atomic E-state index is 6.08. The Balaban J connectivity index is 1.81. The van der Waals surface area contributed by atoms with E-state index in [1.165, 1.54) is 31.2 Å². The first-order chi connectivity index (χ1) is 10.1. The Bertz CT molecular complexity index is 614. The third-order valence-electron chi connectivity index (χ3n) is 4.27. The summed E-state index contributed by atoms with van der Waals surface area (Å²) in [6, 6.07) is 8.78. The van der Waals surface area contributed by atoms with Gasteiger partial charge in [0.25, 0.3) is 0 Å². The SMILES string of the molecule is Cc1cn(C2CCCC2)c(NC(C)c2cccc(Cl)c2)n1. The standard InChI is InChI=1S/C17H22ClN3/c1-12-11-21(16-8-3-4-9-16)17(19-12)20-13(2)14-6-5-7-15(18)10-14/h5-7,10-11,13,16H,3-4,8-9H2,1-2H3,(H,19,20). The van der Waals surface area contributed by atoms with Crippen molar-refractivity contribution in [2.24, 2.45) is 0 Å². The van der Waals surface area contributed by atoms with Gasteiger partial charge in [-0.2, -0.15) is 0 Å². The molecule has 0 radical (unpaired) electrons. The number of benzene rings is 1. The van der Waals surface area contributed by atoms with Crippen LogP contribution >= 0.6 is 11.6 Å². The second-order valence-corrected chi connectivity index (χ2v) is 6.41. The van der Waals surface area contributed by atoms with Gasteiger partial charge in [0.05, 0.1) is 11.7 Å². The zero-order valence-corrected chi connectivity index (χ0v) is 13.4. The largest absolute Gasteiger partial charge is 0.349 e. The molecule has 1 unspecified atom stereocenters. The monoisotopic (exact) mass is 303 g/mol. The van der Waals surface area contributed by atoms with E-state index in [0.717, 1.165) is 16.7 Å². The zero-order chi connectivity index (χ0) is 14.8. The minimum absolute atomic E-state index is 0.186. The van der Waals surface area contributed by atoms with E-state index in [2.05, 4.69) is 41.0 Å². The van der Waals surface area contributed by atoms with Gasteiger partial charge >= 0.3 is 0 Å². The summed E-state index contributed by atoms with van der Waals surface area (Å²) in [5.74, 6) is 0.979. The van der Waals surface area contributed by atoms with Crippen molar-refractivity contribution >= 4 is 17.5 Å². The lowest BCUT2D eigenvalue weighted by molar-refractivity contribution is 0.520. The molecule has 1 fully saturated rings. The smallest absolute Gasteiger partial charge is 0.203 e. The number of aromatic nitrogens is 2. The molecule has 1 heterocycles. The van der Waals surface area contributed by atoms with Crippen LogP contribution in [0.5, 0.6) is 0 Å². The maximum Gasteiger partial charge on any atom is 0.203 e. The Morgan fingerprint density at radius 1 is 1.33 bits per heavy atom. The van der Waals surface area contributed by atoms with E-state index >= 15 is 0 Å². The summed E-state index contributed by atoms with van der Waals surface area (Å²) in [6.07, 6.45) is 7.34. The fraction of sp³-hybridized carbons (Fsp3) is 0.471. The van der Waals surface area contributed by atoms with Crippen LogP contribution in [0, 0.1) is 6.92 Å². The minimum Gasteiger partial charge on any atom is -0.349 e. The van der Waals surface area contributed by atoms with E-state index in [1.807, 2.05) is 18.2 Å². The van der Waals surface area contributed by atoms with Gasteiger partial charge in [-0.25, -0.2) is 4.98 Å². The molecule has 2 aromatic rings. The molecule has 0 saturated heterocycles. The first-order valence-electron chi connectivity index (χ1n) is 7.71. The van der Waals surface area contributed by atoms with Gasteiger partial charge in [0.15, 0.2) is 0 Å². The fourth-order valence-corrected chi connectivity index (χ4v) is 3.34. The molecule has 0 spiro atoms. The summed E-state index contributed by atoms with van der Waals surface area (Å²) < 4.78 is 2.32. The third kappa shape index (κ3) is 3.24. The second kappa shape index (κ2) is 6.10. The van der Waals surface area contributed by atoms with Crippen LogP contribution in [0.2, 0.25) is 5.02 Å². The van der Waals surface area contributed by atoms with Crippen molar-refractivity contribution in [3.8, 4) is 0 Å². The summed E-state index contributed by atoms with van der Waals surface area (Å²) >= 11 is 6.08. The van der Waals surface area contributed by atoms with E-state index in [4.69, 9.17) is 11.6 Å². The normalized spacial score (nSPS) is 17.1. The molecule has 3 nitrogen and oxygen atoms in total. The molecule has 0 aliphatic heterocycles. The van der Waals surface area contributed by atoms with Crippen LogP contribution in [0.1, 0.15) is 55.9 Å². The number of imidazole rings is 1. The molecule has 1 aromatic heterocycles. The van der Waals surface area contributed by atoms with Crippen LogP contribution in [-0.2, 0) is 0 Å². The lowest BCUT2D eigenvalue weighted by Crippen LogP contribution is -2.14. The quantitative estimate of drug-likeness (QED) is 0.848. The Kier molecular flexibility index (Phi) is 4.20. The van der Waals surface area contributed by atoms with Crippen molar-refractivity contribution in [2.45, 2.75) is 51.6 Å². The van der Waals surface area contributed by atoms with E-state index in [0.29, 0.717) is 6.04 Å². The number of hydrogen-bond donors (Lipinski definition) is 1. The summed E-state index contributed by atoms with van der Waals surface area (Å²) in [5.41, 5.74) is 2.25. The highest BCUT2D eigenvalue weighted by molar-refractivity contribution is 6.30. The molecule has 1 saturated carbocycles. The zero-order valence-electron chi connectivity index (χ0n) is 12.6. The van der Waals surface area contributed by atoms with Crippen LogP contribution in [-0.4, -0.2) is 9.55 Å². The van der Waals surface area contributed by atoms with E-state index < -0.39 is 0 Å². The van der Waals surface area contributed by atoms with Gasteiger partial charge < -0.3 is 9.88 Å². The van der Waals surface area contributed by atoms with Gasteiger partial charge in [0, 0.05) is 17.3 Å². The fourth-order valence-electron chi connectivity index (χ4n) is 3.14. The van der Waals surface area contributed by atoms with E-state index in [9.17, 15) is 0 Å². The molecule has 0 amide bonds.